The van der Waals surface area contributed by atoms with Gasteiger partial charge in [0, 0.05) is 23.8 Å². The van der Waals surface area contributed by atoms with Gasteiger partial charge in [-0.1, -0.05) is 0 Å². The maximum atomic E-state index is 11.4. The number of rotatable bonds is 2. The van der Waals surface area contributed by atoms with Crippen LogP contribution in [0.1, 0.15) is 32.2 Å². The molecular formula is C10H17N3O. The van der Waals surface area contributed by atoms with Gasteiger partial charge in [0.05, 0.1) is 0 Å². The zero-order valence-corrected chi connectivity index (χ0v) is 9.14. The van der Waals surface area contributed by atoms with Gasteiger partial charge >= 0.3 is 0 Å². The molecule has 0 aromatic carbocycles. The molecule has 0 fully saturated rings. The summed E-state index contributed by atoms with van der Waals surface area (Å²) in [6.45, 7) is 8.49. The highest BCUT2D eigenvalue weighted by molar-refractivity contribution is 5.05. The van der Waals surface area contributed by atoms with Crippen molar-refractivity contribution < 1.29 is 0 Å². The minimum absolute atomic E-state index is 0.0112. The maximum absolute atomic E-state index is 11.4. The fourth-order valence-electron chi connectivity index (χ4n) is 0.997. The predicted octanol–water partition coefficient (Wildman–Crippen LogP) is 0.966. The molecule has 1 aromatic rings. The molecule has 1 heterocycles. The first-order valence-electron chi connectivity index (χ1n) is 4.68. The lowest BCUT2D eigenvalue weighted by molar-refractivity contribution is 0.422. The third-order valence-electron chi connectivity index (χ3n) is 1.81. The van der Waals surface area contributed by atoms with E-state index in [0.717, 1.165) is 0 Å². The smallest absolute Gasteiger partial charge is 0.255 e. The van der Waals surface area contributed by atoms with Crippen molar-refractivity contribution in [1.82, 2.24) is 15.3 Å². The molecule has 0 spiro atoms. The van der Waals surface area contributed by atoms with Crippen LogP contribution in [0.5, 0.6) is 0 Å². The highest BCUT2D eigenvalue weighted by atomic mass is 16.1. The summed E-state index contributed by atoms with van der Waals surface area (Å²) < 4.78 is 0. The second-order valence-electron chi connectivity index (χ2n) is 4.43. The maximum Gasteiger partial charge on any atom is 0.255 e. The monoisotopic (exact) mass is 195 g/mol. The van der Waals surface area contributed by atoms with E-state index in [9.17, 15) is 4.79 Å². The molecule has 0 saturated carbocycles. The molecule has 0 amide bonds. The topological polar surface area (TPSA) is 57.8 Å². The Bertz CT molecular complexity index is 362. The lowest BCUT2D eigenvalue weighted by Crippen LogP contribution is -2.36. The van der Waals surface area contributed by atoms with Crippen LogP contribution in [-0.2, 0) is 6.54 Å². The van der Waals surface area contributed by atoms with Gasteiger partial charge in [-0.25, -0.2) is 4.98 Å². The summed E-state index contributed by atoms with van der Waals surface area (Å²) in [7, 11) is 0. The molecule has 14 heavy (non-hydrogen) atoms. The first-order chi connectivity index (χ1) is 6.38. The SMILES string of the molecule is Cc1ncc(CNC(C)(C)C)c(=O)[nH]1. The molecule has 1 rings (SSSR count). The number of H-pyrrole nitrogens is 1. The van der Waals surface area contributed by atoms with Crippen LogP contribution in [0.3, 0.4) is 0 Å². The van der Waals surface area contributed by atoms with E-state index < -0.39 is 0 Å². The third-order valence-corrected chi connectivity index (χ3v) is 1.81. The van der Waals surface area contributed by atoms with Gasteiger partial charge < -0.3 is 10.3 Å². The Morgan fingerprint density at radius 3 is 2.64 bits per heavy atom. The van der Waals surface area contributed by atoms with Crippen molar-refractivity contribution in [3.05, 3.63) is 27.9 Å². The number of hydrogen-bond donors (Lipinski definition) is 2. The molecule has 1 aromatic heterocycles. The molecule has 4 heteroatoms. The fourth-order valence-corrected chi connectivity index (χ4v) is 0.997. The largest absolute Gasteiger partial charge is 0.311 e. The van der Waals surface area contributed by atoms with E-state index in [1.165, 1.54) is 0 Å². The quantitative estimate of drug-likeness (QED) is 0.739. The Balaban J connectivity index is 2.74. The van der Waals surface area contributed by atoms with Gasteiger partial charge in [-0.3, -0.25) is 4.79 Å². The summed E-state index contributed by atoms with van der Waals surface area (Å²) in [4.78, 5) is 18.1. The van der Waals surface area contributed by atoms with E-state index in [1.54, 1.807) is 13.1 Å². The lowest BCUT2D eigenvalue weighted by atomic mass is 10.1. The molecule has 0 radical (unpaired) electrons. The normalized spacial score (nSPS) is 11.7. The number of hydrogen-bond acceptors (Lipinski definition) is 3. The van der Waals surface area contributed by atoms with Crippen LogP contribution in [0.25, 0.3) is 0 Å². The van der Waals surface area contributed by atoms with Crippen LogP contribution in [0.15, 0.2) is 11.0 Å². The molecule has 2 N–H and O–H groups in total. The summed E-state index contributed by atoms with van der Waals surface area (Å²) in [5, 5.41) is 3.24. The summed E-state index contributed by atoms with van der Waals surface area (Å²) in [6, 6.07) is 0. The van der Waals surface area contributed by atoms with E-state index >= 15 is 0 Å². The molecule has 4 nitrogen and oxygen atoms in total. The van der Waals surface area contributed by atoms with Gasteiger partial charge in [0.15, 0.2) is 0 Å². The van der Waals surface area contributed by atoms with Gasteiger partial charge in [0.2, 0.25) is 0 Å². The summed E-state index contributed by atoms with van der Waals surface area (Å²) in [5.41, 5.74) is 0.622. The van der Waals surface area contributed by atoms with Crippen LogP contribution in [0.4, 0.5) is 0 Å². The van der Waals surface area contributed by atoms with Crippen molar-refractivity contribution in [2.24, 2.45) is 0 Å². The Morgan fingerprint density at radius 2 is 2.14 bits per heavy atom. The average molecular weight is 195 g/mol. The lowest BCUT2D eigenvalue weighted by Gasteiger charge is -2.19. The predicted molar refractivity (Wildman–Crippen MR) is 56.2 cm³/mol. The Morgan fingerprint density at radius 1 is 1.50 bits per heavy atom. The van der Waals surface area contributed by atoms with E-state index in [0.29, 0.717) is 17.9 Å². The highest BCUT2D eigenvalue weighted by Gasteiger charge is 2.09. The van der Waals surface area contributed by atoms with Crippen LogP contribution >= 0.6 is 0 Å². The van der Waals surface area contributed by atoms with Crippen LogP contribution in [-0.4, -0.2) is 15.5 Å². The van der Waals surface area contributed by atoms with Gasteiger partial charge in [-0.05, 0) is 27.7 Å². The number of aromatic amines is 1. The van der Waals surface area contributed by atoms with E-state index in [4.69, 9.17) is 0 Å². The molecule has 0 aliphatic heterocycles. The second-order valence-corrected chi connectivity index (χ2v) is 4.43. The Labute approximate surface area is 83.8 Å². The van der Waals surface area contributed by atoms with E-state index in [-0.39, 0.29) is 11.1 Å². The van der Waals surface area contributed by atoms with E-state index in [1.807, 2.05) is 0 Å². The van der Waals surface area contributed by atoms with Gasteiger partial charge in [0.25, 0.3) is 5.56 Å². The van der Waals surface area contributed by atoms with Crippen LogP contribution in [0.2, 0.25) is 0 Å². The van der Waals surface area contributed by atoms with Gasteiger partial charge in [-0.2, -0.15) is 0 Å². The highest BCUT2D eigenvalue weighted by Crippen LogP contribution is 2.00. The first kappa shape index (κ1) is 10.9. The van der Waals surface area contributed by atoms with Crippen LogP contribution in [0, 0.1) is 6.92 Å². The van der Waals surface area contributed by atoms with Crippen molar-refractivity contribution >= 4 is 0 Å². The Hall–Kier alpha value is -1.16. The van der Waals surface area contributed by atoms with Crippen molar-refractivity contribution in [2.45, 2.75) is 39.8 Å². The average Bonchev–Trinajstić information content (AvgIpc) is 2.00. The first-order valence-corrected chi connectivity index (χ1v) is 4.68. The van der Waals surface area contributed by atoms with Gasteiger partial charge in [-0.15, -0.1) is 0 Å². The minimum atomic E-state index is -0.0609. The number of aromatic nitrogens is 2. The zero-order valence-electron chi connectivity index (χ0n) is 9.14. The number of nitrogens with one attached hydrogen (secondary N) is 2. The molecule has 0 unspecified atom stereocenters. The Kier molecular flexibility index (Phi) is 3.06. The zero-order chi connectivity index (χ0) is 10.8. The molecule has 0 atom stereocenters. The minimum Gasteiger partial charge on any atom is -0.311 e. The summed E-state index contributed by atoms with van der Waals surface area (Å²) in [5.74, 6) is 0.648. The van der Waals surface area contributed by atoms with Crippen molar-refractivity contribution in [2.75, 3.05) is 0 Å². The van der Waals surface area contributed by atoms with Crippen molar-refractivity contribution in [3.8, 4) is 0 Å². The second kappa shape index (κ2) is 3.92. The third kappa shape index (κ3) is 3.30. The van der Waals surface area contributed by atoms with Gasteiger partial charge in [0.1, 0.15) is 5.82 Å². The molecule has 0 aliphatic carbocycles. The molecular weight excluding hydrogens is 178 g/mol. The van der Waals surface area contributed by atoms with Crippen molar-refractivity contribution in [1.29, 1.82) is 0 Å². The summed E-state index contributed by atoms with van der Waals surface area (Å²) in [6.07, 6.45) is 1.62. The van der Waals surface area contributed by atoms with Crippen molar-refractivity contribution in [3.63, 3.8) is 0 Å². The number of aryl methyl sites for hydroxylation is 1. The van der Waals surface area contributed by atoms with Crippen LogP contribution < -0.4 is 10.9 Å². The van der Waals surface area contributed by atoms with E-state index in [2.05, 4.69) is 36.1 Å². The standard InChI is InChI=1S/C10H17N3O/c1-7-11-5-8(9(14)13-7)6-12-10(2,3)4/h5,12H,6H2,1-4H3,(H,11,13,14). The molecule has 0 aliphatic rings. The number of nitrogens with zero attached hydrogens (tertiary/aromatic N) is 1. The molecule has 0 saturated heterocycles. The molecule has 78 valence electrons. The fraction of sp³-hybridized carbons (Fsp3) is 0.600. The molecule has 0 bridgehead atoms. The summed E-state index contributed by atoms with van der Waals surface area (Å²) >= 11 is 0.